The van der Waals surface area contributed by atoms with Gasteiger partial charge >= 0.3 is 6.18 Å². The zero-order valence-electron chi connectivity index (χ0n) is 10.3. The van der Waals surface area contributed by atoms with Gasteiger partial charge < -0.3 is 14.6 Å². The van der Waals surface area contributed by atoms with Gasteiger partial charge in [0.05, 0.1) is 18.6 Å². The molecule has 0 spiro atoms. The summed E-state index contributed by atoms with van der Waals surface area (Å²) in [5, 5.41) is 13.1. The van der Waals surface area contributed by atoms with Gasteiger partial charge in [-0.15, -0.1) is 0 Å². The van der Waals surface area contributed by atoms with Crippen molar-refractivity contribution in [2.75, 3.05) is 6.79 Å². The Balaban J connectivity index is 2.44. The summed E-state index contributed by atoms with van der Waals surface area (Å²) in [5.41, 5.74) is 8.69. The van der Waals surface area contributed by atoms with Gasteiger partial charge in [0.2, 0.25) is 6.79 Å². The van der Waals surface area contributed by atoms with Crippen LogP contribution in [0.2, 0.25) is 0 Å². The minimum Gasteiger partial charge on any atom is -0.454 e. The lowest BCUT2D eigenvalue weighted by atomic mass is 9.98. The fourth-order valence-corrected chi connectivity index (χ4v) is 2.52. The van der Waals surface area contributed by atoms with Crippen LogP contribution in [0.4, 0.5) is 13.2 Å². The first-order chi connectivity index (χ1) is 9.83. The van der Waals surface area contributed by atoms with Crippen LogP contribution < -0.4 is 9.47 Å². The Morgan fingerprint density at radius 2 is 2.14 bits per heavy atom. The van der Waals surface area contributed by atoms with Crippen LogP contribution in [-0.4, -0.2) is 24.2 Å². The van der Waals surface area contributed by atoms with Crippen LogP contribution in [0.25, 0.3) is 10.4 Å². The third kappa shape index (κ3) is 3.52. The number of aliphatic hydroxyl groups is 1. The van der Waals surface area contributed by atoms with E-state index in [0.717, 1.165) is 0 Å². The van der Waals surface area contributed by atoms with Gasteiger partial charge in [-0.25, -0.2) is 0 Å². The van der Waals surface area contributed by atoms with Crippen molar-refractivity contribution in [3.8, 4) is 11.5 Å². The van der Waals surface area contributed by atoms with Crippen molar-refractivity contribution in [3.05, 3.63) is 32.6 Å². The van der Waals surface area contributed by atoms with E-state index in [1.54, 1.807) is 6.07 Å². The lowest BCUT2D eigenvalue weighted by Crippen LogP contribution is -2.25. The predicted molar refractivity (Wildman–Crippen MR) is 68.8 cm³/mol. The quantitative estimate of drug-likeness (QED) is 0.498. The second-order valence-corrected chi connectivity index (χ2v) is 5.09. The topological polar surface area (TPSA) is 87.5 Å². The summed E-state index contributed by atoms with van der Waals surface area (Å²) in [5.74, 6) is 0.466. The van der Waals surface area contributed by atoms with E-state index in [-0.39, 0.29) is 18.1 Å². The number of azide groups is 1. The van der Waals surface area contributed by atoms with Crippen LogP contribution in [0.5, 0.6) is 11.5 Å². The van der Waals surface area contributed by atoms with Crippen LogP contribution in [0, 0.1) is 0 Å². The Kier molecular flexibility index (Phi) is 4.50. The molecular weight excluding hydrogens is 359 g/mol. The molecule has 114 valence electrons. The normalized spacial score (nSPS) is 16.2. The van der Waals surface area contributed by atoms with Gasteiger partial charge in [-0.3, -0.25) is 0 Å². The summed E-state index contributed by atoms with van der Waals surface area (Å²) in [4.78, 5) is 2.51. The van der Waals surface area contributed by atoms with Crippen LogP contribution in [-0.2, 0) is 0 Å². The molecule has 0 amide bonds. The number of aliphatic hydroxyl groups excluding tert-OH is 1. The monoisotopic (exact) mass is 367 g/mol. The molecule has 0 saturated carbocycles. The molecule has 1 aliphatic rings. The average molecular weight is 368 g/mol. The summed E-state index contributed by atoms with van der Waals surface area (Å²) in [6.45, 7) is -0.100. The molecule has 6 nitrogen and oxygen atoms in total. The van der Waals surface area contributed by atoms with Gasteiger partial charge in [-0.1, -0.05) is 21.0 Å². The second kappa shape index (κ2) is 6.00. The molecule has 1 aliphatic heterocycles. The van der Waals surface area contributed by atoms with Crippen LogP contribution in [0.1, 0.15) is 18.0 Å². The van der Waals surface area contributed by atoms with Crippen LogP contribution in [0.3, 0.4) is 0 Å². The number of rotatable bonds is 4. The van der Waals surface area contributed by atoms with E-state index < -0.39 is 24.7 Å². The minimum atomic E-state index is -4.59. The van der Waals surface area contributed by atoms with Crippen molar-refractivity contribution >= 4 is 15.9 Å². The highest BCUT2D eigenvalue weighted by molar-refractivity contribution is 9.10. The first kappa shape index (κ1) is 15.7. The Labute approximate surface area is 125 Å². The maximum absolute atomic E-state index is 12.4. The van der Waals surface area contributed by atoms with Crippen LogP contribution >= 0.6 is 15.9 Å². The minimum absolute atomic E-state index is 0.100. The van der Waals surface area contributed by atoms with Gasteiger partial charge in [0, 0.05) is 14.9 Å². The number of halogens is 4. The van der Waals surface area contributed by atoms with Gasteiger partial charge in [0.25, 0.3) is 0 Å². The molecule has 0 radical (unpaired) electrons. The number of hydrogen-bond donors (Lipinski definition) is 1. The summed E-state index contributed by atoms with van der Waals surface area (Å²) in [6.07, 6.45) is -8.04. The zero-order chi connectivity index (χ0) is 15.6. The lowest BCUT2D eigenvalue weighted by Gasteiger charge is -2.22. The molecule has 10 heteroatoms. The van der Waals surface area contributed by atoms with E-state index >= 15 is 0 Å². The van der Waals surface area contributed by atoms with Crippen molar-refractivity contribution in [1.82, 2.24) is 0 Å². The molecule has 0 bridgehead atoms. The highest BCUT2D eigenvalue weighted by atomic mass is 79.9. The van der Waals surface area contributed by atoms with E-state index in [0.29, 0.717) is 10.2 Å². The van der Waals surface area contributed by atoms with Crippen molar-refractivity contribution in [2.24, 2.45) is 5.11 Å². The van der Waals surface area contributed by atoms with E-state index in [4.69, 9.17) is 15.0 Å². The average Bonchev–Trinajstić information content (AvgIpc) is 2.83. The molecule has 0 unspecified atom stereocenters. The summed E-state index contributed by atoms with van der Waals surface area (Å²) < 4.78 is 48.0. The van der Waals surface area contributed by atoms with E-state index in [1.165, 1.54) is 6.07 Å². The standard InChI is InChI=1S/C11H9BrF3N3O3/c12-5-1-2-7-10(21-4-20-7)8(5)9(17-18-16)6(19)3-11(13,14)15/h1-2,6,9,19H,3-4H2/t6-,9-/m1/s1. The Morgan fingerprint density at radius 3 is 2.76 bits per heavy atom. The Bertz CT molecular complexity index is 590. The van der Waals surface area contributed by atoms with Gasteiger partial charge in [-0.05, 0) is 17.7 Å². The van der Waals surface area contributed by atoms with E-state index in [1.807, 2.05) is 0 Å². The molecule has 1 N–H and O–H groups in total. The molecule has 0 aromatic heterocycles. The predicted octanol–water partition coefficient (Wildman–Crippen LogP) is 3.84. The third-order valence-electron chi connectivity index (χ3n) is 2.80. The molecule has 0 fully saturated rings. The maximum Gasteiger partial charge on any atom is 0.391 e. The summed E-state index contributed by atoms with van der Waals surface area (Å²) >= 11 is 3.16. The highest BCUT2D eigenvalue weighted by Gasteiger charge is 2.37. The number of alkyl halides is 3. The second-order valence-electron chi connectivity index (χ2n) is 4.23. The number of benzene rings is 1. The summed E-state index contributed by atoms with van der Waals surface area (Å²) in [6, 6.07) is 1.62. The zero-order valence-corrected chi connectivity index (χ0v) is 11.9. The smallest absolute Gasteiger partial charge is 0.391 e. The van der Waals surface area contributed by atoms with E-state index in [9.17, 15) is 18.3 Å². The summed E-state index contributed by atoms with van der Waals surface area (Å²) in [7, 11) is 0. The molecule has 2 rings (SSSR count). The first-order valence-electron chi connectivity index (χ1n) is 5.70. The molecule has 2 atom stereocenters. The van der Waals surface area contributed by atoms with Crippen molar-refractivity contribution in [3.63, 3.8) is 0 Å². The first-order valence-corrected chi connectivity index (χ1v) is 6.50. The van der Waals surface area contributed by atoms with Gasteiger partial charge in [-0.2, -0.15) is 13.2 Å². The SMILES string of the molecule is [N-]=[N+]=N[C@@H](c1c(Br)ccc2c1OCO2)[C@H](O)CC(F)(F)F. The molecule has 0 saturated heterocycles. The van der Waals surface area contributed by atoms with Gasteiger partial charge in [0.15, 0.2) is 11.5 Å². The number of fused-ring (bicyclic) bond motifs is 1. The number of ether oxygens (including phenoxy) is 2. The molecular formula is C11H9BrF3N3O3. The van der Waals surface area contributed by atoms with Gasteiger partial charge in [0.1, 0.15) is 0 Å². The molecule has 1 aromatic carbocycles. The highest BCUT2D eigenvalue weighted by Crippen LogP contribution is 2.45. The maximum atomic E-state index is 12.4. The van der Waals surface area contributed by atoms with Crippen molar-refractivity contribution in [2.45, 2.75) is 24.7 Å². The largest absolute Gasteiger partial charge is 0.454 e. The third-order valence-corrected chi connectivity index (χ3v) is 3.49. The molecule has 0 aliphatic carbocycles. The molecule has 1 aromatic rings. The van der Waals surface area contributed by atoms with E-state index in [2.05, 4.69) is 26.0 Å². The lowest BCUT2D eigenvalue weighted by molar-refractivity contribution is -0.155. The number of nitrogens with zero attached hydrogens (tertiary/aromatic N) is 3. The molecule has 21 heavy (non-hydrogen) atoms. The molecule has 1 heterocycles. The number of hydrogen-bond acceptors (Lipinski definition) is 4. The van der Waals surface area contributed by atoms with Crippen molar-refractivity contribution < 1.29 is 27.8 Å². The Hall–Kier alpha value is -1.64. The Morgan fingerprint density at radius 1 is 1.43 bits per heavy atom. The fraction of sp³-hybridized carbons (Fsp3) is 0.455. The fourth-order valence-electron chi connectivity index (χ4n) is 1.98. The van der Waals surface area contributed by atoms with Crippen molar-refractivity contribution in [1.29, 1.82) is 0 Å². The van der Waals surface area contributed by atoms with Crippen LogP contribution in [0.15, 0.2) is 21.7 Å².